The number of nitrogens with zero attached hydrogens (tertiary/aromatic N) is 1. The lowest BCUT2D eigenvalue weighted by molar-refractivity contribution is -0.120. The predicted molar refractivity (Wildman–Crippen MR) is 97.1 cm³/mol. The van der Waals surface area contributed by atoms with Crippen molar-refractivity contribution in [3.05, 3.63) is 24.3 Å². The van der Waals surface area contributed by atoms with Gasteiger partial charge in [0.05, 0.1) is 18.3 Å². The van der Waals surface area contributed by atoms with E-state index in [1.807, 2.05) is 24.3 Å². The second kappa shape index (κ2) is 7.74. The highest BCUT2D eigenvalue weighted by atomic mass is 32.2. The van der Waals surface area contributed by atoms with E-state index < -0.39 is 10.0 Å². The number of carbonyl (C=O) groups excluding carboxylic acids is 1. The molecule has 0 spiro atoms. The molecule has 1 heterocycles. The number of sulfonamides is 1. The SMILES string of the molecule is CS(=O)(=O)N1CCC[C@@H](C(=O)Nc2ccc(OC3CCCC3)cc2)C1. The average Bonchev–Trinajstić information content (AvgIpc) is 3.09. The molecule has 7 heteroatoms. The number of rotatable bonds is 5. The summed E-state index contributed by atoms with van der Waals surface area (Å²) in [6.45, 7) is 0.753. The number of hydrogen-bond acceptors (Lipinski definition) is 4. The molecule has 138 valence electrons. The van der Waals surface area contributed by atoms with Crippen molar-refractivity contribution in [3.8, 4) is 5.75 Å². The Labute approximate surface area is 149 Å². The van der Waals surface area contributed by atoms with Crippen molar-refractivity contribution < 1.29 is 17.9 Å². The summed E-state index contributed by atoms with van der Waals surface area (Å²) in [4.78, 5) is 12.4. The molecule has 0 bridgehead atoms. The molecule has 25 heavy (non-hydrogen) atoms. The van der Waals surface area contributed by atoms with Gasteiger partial charge < -0.3 is 10.1 Å². The van der Waals surface area contributed by atoms with Gasteiger partial charge in [0.1, 0.15) is 5.75 Å². The topological polar surface area (TPSA) is 75.7 Å². The van der Waals surface area contributed by atoms with E-state index in [-0.39, 0.29) is 18.4 Å². The van der Waals surface area contributed by atoms with E-state index in [1.165, 1.54) is 23.4 Å². The number of ether oxygens (including phenoxy) is 1. The molecule has 1 amide bonds. The smallest absolute Gasteiger partial charge is 0.228 e. The molecule has 1 N–H and O–H groups in total. The van der Waals surface area contributed by atoms with Crippen LogP contribution >= 0.6 is 0 Å². The minimum absolute atomic E-state index is 0.127. The molecular formula is C18H26N2O4S. The van der Waals surface area contributed by atoms with Crippen molar-refractivity contribution in [1.29, 1.82) is 0 Å². The van der Waals surface area contributed by atoms with Crippen molar-refractivity contribution in [3.63, 3.8) is 0 Å². The summed E-state index contributed by atoms with van der Waals surface area (Å²) in [5.74, 6) is 0.390. The summed E-state index contributed by atoms with van der Waals surface area (Å²) in [6, 6.07) is 7.41. The molecule has 0 radical (unpaired) electrons. The molecule has 0 unspecified atom stereocenters. The third-order valence-corrected chi connectivity index (χ3v) is 6.22. The summed E-state index contributed by atoms with van der Waals surface area (Å²) in [5, 5.41) is 2.89. The van der Waals surface area contributed by atoms with E-state index >= 15 is 0 Å². The van der Waals surface area contributed by atoms with Gasteiger partial charge in [-0.15, -0.1) is 0 Å². The number of hydrogen-bond donors (Lipinski definition) is 1. The van der Waals surface area contributed by atoms with Crippen LogP contribution in [0.15, 0.2) is 24.3 Å². The van der Waals surface area contributed by atoms with E-state index in [1.54, 1.807) is 0 Å². The summed E-state index contributed by atoms with van der Waals surface area (Å²) < 4.78 is 30.7. The summed E-state index contributed by atoms with van der Waals surface area (Å²) in [6.07, 6.45) is 7.59. The van der Waals surface area contributed by atoms with Crippen molar-refractivity contribution in [2.75, 3.05) is 24.7 Å². The number of piperidine rings is 1. The lowest BCUT2D eigenvalue weighted by Crippen LogP contribution is -2.43. The van der Waals surface area contributed by atoms with Crippen LogP contribution in [0.5, 0.6) is 5.75 Å². The number of amides is 1. The molecule has 6 nitrogen and oxygen atoms in total. The van der Waals surface area contributed by atoms with Crippen LogP contribution in [0.25, 0.3) is 0 Å². The maximum absolute atomic E-state index is 12.4. The van der Waals surface area contributed by atoms with Gasteiger partial charge in [-0.1, -0.05) is 0 Å². The van der Waals surface area contributed by atoms with Crippen LogP contribution in [0.1, 0.15) is 38.5 Å². The first-order valence-corrected chi connectivity index (χ1v) is 10.8. The van der Waals surface area contributed by atoms with E-state index in [0.717, 1.165) is 18.6 Å². The Bertz CT molecular complexity index is 696. The molecule has 1 saturated carbocycles. The summed E-state index contributed by atoms with van der Waals surface area (Å²) >= 11 is 0. The quantitative estimate of drug-likeness (QED) is 0.869. The Morgan fingerprint density at radius 3 is 2.44 bits per heavy atom. The van der Waals surface area contributed by atoms with Crippen LogP contribution in [0.3, 0.4) is 0 Å². The highest BCUT2D eigenvalue weighted by Gasteiger charge is 2.30. The van der Waals surface area contributed by atoms with E-state index in [0.29, 0.717) is 31.2 Å². The number of nitrogens with one attached hydrogen (secondary N) is 1. The van der Waals surface area contributed by atoms with E-state index in [2.05, 4.69) is 5.32 Å². The first-order valence-electron chi connectivity index (χ1n) is 8.94. The molecule has 0 aromatic heterocycles. The van der Waals surface area contributed by atoms with Gasteiger partial charge in [0.15, 0.2) is 0 Å². The first kappa shape index (κ1) is 18.2. The zero-order valence-electron chi connectivity index (χ0n) is 14.6. The first-order chi connectivity index (χ1) is 11.9. The number of benzene rings is 1. The molecule has 1 aliphatic heterocycles. The van der Waals surface area contributed by atoms with Gasteiger partial charge in [0.25, 0.3) is 0 Å². The van der Waals surface area contributed by atoms with Gasteiger partial charge in [-0.05, 0) is 62.8 Å². The molecule has 1 aromatic rings. The molecule has 1 saturated heterocycles. The Balaban J connectivity index is 1.55. The number of anilines is 1. The van der Waals surface area contributed by atoms with Crippen LogP contribution in [-0.2, 0) is 14.8 Å². The molecule has 1 aliphatic carbocycles. The third-order valence-electron chi connectivity index (χ3n) is 4.95. The van der Waals surface area contributed by atoms with Crippen LogP contribution < -0.4 is 10.1 Å². The maximum Gasteiger partial charge on any atom is 0.228 e. The molecular weight excluding hydrogens is 340 g/mol. The Kier molecular flexibility index (Phi) is 5.64. The van der Waals surface area contributed by atoms with E-state index in [9.17, 15) is 13.2 Å². The highest BCUT2D eigenvalue weighted by Crippen LogP contribution is 2.25. The average molecular weight is 366 g/mol. The molecule has 2 fully saturated rings. The lowest BCUT2D eigenvalue weighted by atomic mass is 9.99. The van der Waals surface area contributed by atoms with Crippen LogP contribution in [0.2, 0.25) is 0 Å². The van der Waals surface area contributed by atoms with Crippen LogP contribution in [-0.4, -0.2) is 44.1 Å². The van der Waals surface area contributed by atoms with Gasteiger partial charge in [-0.25, -0.2) is 12.7 Å². The van der Waals surface area contributed by atoms with Crippen LogP contribution in [0, 0.1) is 5.92 Å². The van der Waals surface area contributed by atoms with Gasteiger partial charge in [0, 0.05) is 18.8 Å². The van der Waals surface area contributed by atoms with Gasteiger partial charge in [-0.2, -0.15) is 0 Å². The Morgan fingerprint density at radius 1 is 1.12 bits per heavy atom. The fourth-order valence-electron chi connectivity index (χ4n) is 3.52. The monoisotopic (exact) mass is 366 g/mol. The zero-order valence-corrected chi connectivity index (χ0v) is 15.4. The maximum atomic E-state index is 12.4. The second-order valence-electron chi connectivity index (χ2n) is 7.00. The lowest BCUT2D eigenvalue weighted by Gasteiger charge is -2.30. The Morgan fingerprint density at radius 2 is 1.80 bits per heavy atom. The molecule has 3 rings (SSSR count). The molecule has 2 aliphatic rings. The van der Waals surface area contributed by atoms with E-state index in [4.69, 9.17) is 4.74 Å². The van der Waals surface area contributed by atoms with Crippen molar-refractivity contribution >= 4 is 21.6 Å². The highest BCUT2D eigenvalue weighted by molar-refractivity contribution is 7.88. The third kappa shape index (κ3) is 4.95. The standard InChI is InChI=1S/C18H26N2O4S/c1-25(22,23)20-12-4-5-14(13-20)18(21)19-15-8-10-17(11-9-15)24-16-6-2-3-7-16/h8-11,14,16H,2-7,12-13H2,1H3,(H,19,21)/t14-/m1/s1. The van der Waals surface area contributed by atoms with Crippen molar-refractivity contribution in [2.45, 2.75) is 44.6 Å². The number of carbonyl (C=O) groups is 1. The zero-order chi connectivity index (χ0) is 17.9. The minimum Gasteiger partial charge on any atom is -0.490 e. The largest absolute Gasteiger partial charge is 0.490 e. The second-order valence-corrected chi connectivity index (χ2v) is 8.98. The molecule has 1 atom stereocenters. The summed E-state index contributed by atoms with van der Waals surface area (Å²) in [7, 11) is -3.25. The van der Waals surface area contributed by atoms with Gasteiger partial charge >= 0.3 is 0 Å². The van der Waals surface area contributed by atoms with Crippen molar-refractivity contribution in [2.24, 2.45) is 5.92 Å². The van der Waals surface area contributed by atoms with Gasteiger partial charge in [-0.3, -0.25) is 4.79 Å². The Hall–Kier alpha value is -1.60. The normalized spacial score (nSPS) is 22.7. The fourth-order valence-corrected chi connectivity index (χ4v) is 4.43. The predicted octanol–water partition coefficient (Wildman–Crippen LogP) is 2.62. The fraction of sp³-hybridized carbons (Fsp3) is 0.611. The summed E-state index contributed by atoms with van der Waals surface area (Å²) in [5.41, 5.74) is 0.709. The van der Waals surface area contributed by atoms with Crippen LogP contribution in [0.4, 0.5) is 5.69 Å². The molecule has 1 aromatic carbocycles. The van der Waals surface area contributed by atoms with Crippen molar-refractivity contribution in [1.82, 2.24) is 4.31 Å². The minimum atomic E-state index is -3.25. The van der Waals surface area contributed by atoms with Gasteiger partial charge in [0.2, 0.25) is 15.9 Å².